The molecule has 2 rings (SSSR count). The van der Waals surface area contributed by atoms with E-state index in [0.29, 0.717) is 33.1 Å². The summed E-state index contributed by atoms with van der Waals surface area (Å²) in [5.74, 6) is 1.05. The number of ether oxygens (including phenoxy) is 3. The first-order valence-electron chi connectivity index (χ1n) is 8.16. The molecule has 0 saturated carbocycles. The third-order valence-corrected chi connectivity index (χ3v) is 4.40. The number of amides is 1. The van der Waals surface area contributed by atoms with Crippen molar-refractivity contribution in [3.63, 3.8) is 0 Å². The molecule has 8 heteroatoms. The van der Waals surface area contributed by atoms with Crippen LogP contribution in [0, 0.1) is 0 Å². The Morgan fingerprint density at radius 3 is 2.26 bits per heavy atom. The van der Waals surface area contributed by atoms with Gasteiger partial charge in [0.2, 0.25) is 0 Å². The normalized spacial score (nSPS) is 11.4. The average molecular weight is 437 g/mol. The number of carbonyl (C=O) groups excluding carboxylic acids is 2. The minimum absolute atomic E-state index is 0.116. The molecular weight excluding hydrogens is 416 g/mol. The van der Waals surface area contributed by atoms with Gasteiger partial charge in [0.25, 0.3) is 5.91 Å². The highest BCUT2D eigenvalue weighted by Crippen LogP contribution is 2.27. The van der Waals surface area contributed by atoms with Crippen LogP contribution in [0.25, 0.3) is 0 Å². The molecule has 0 bridgehead atoms. The van der Waals surface area contributed by atoms with Crippen molar-refractivity contribution in [2.75, 3.05) is 21.3 Å². The number of Topliss-reactive ketones (excluding diaryl/α,β-unsaturated/α-hetero) is 1. The lowest BCUT2D eigenvalue weighted by molar-refractivity contribution is 0.0916. The Bertz CT molecular complexity index is 841. The lowest BCUT2D eigenvalue weighted by Crippen LogP contribution is -2.34. The van der Waals surface area contributed by atoms with E-state index < -0.39 is 0 Å². The summed E-state index contributed by atoms with van der Waals surface area (Å²) in [6.45, 7) is 1.76. The molecule has 7 nitrogen and oxygen atoms in total. The molecule has 0 spiro atoms. The van der Waals surface area contributed by atoms with Crippen molar-refractivity contribution in [3.8, 4) is 17.2 Å². The fourth-order valence-corrected chi connectivity index (χ4v) is 2.93. The highest BCUT2D eigenvalue weighted by Gasteiger charge is 2.18. The first kappa shape index (κ1) is 20.7. The summed E-state index contributed by atoms with van der Waals surface area (Å²) in [4.78, 5) is 29.0. The Morgan fingerprint density at radius 1 is 1.04 bits per heavy atom. The van der Waals surface area contributed by atoms with E-state index in [-0.39, 0.29) is 24.2 Å². The summed E-state index contributed by atoms with van der Waals surface area (Å²) in [5.41, 5.74) is 0.715. The summed E-state index contributed by atoms with van der Waals surface area (Å²) in [6, 6.07) is 7.76. The summed E-state index contributed by atoms with van der Waals surface area (Å²) in [7, 11) is 4.55. The largest absolute Gasteiger partial charge is 0.494 e. The molecule has 0 saturated heterocycles. The predicted octanol–water partition coefficient (Wildman–Crippen LogP) is 3.26. The number of aromatic nitrogens is 1. The smallest absolute Gasteiger partial charge is 0.251 e. The minimum atomic E-state index is -0.374. The zero-order valence-electron chi connectivity index (χ0n) is 15.5. The standard InChI is InChI=1S/C19H21BrN2O5/c1-11(9-14(23)13-6-8-16(26-3)18(20)22-13)21-19(24)12-5-7-15(25-2)17(10-12)27-4/h5-8,10-11H,9H2,1-4H3,(H,21,24). The maximum Gasteiger partial charge on any atom is 0.251 e. The Balaban J connectivity index is 2.02. The number of rotatable bonds is 8. The number of hydrogen-bond acceptors (Lipinski definition) is 6. The number of nitrogens with one attached hydrogen (secondary N) is 1. The van der Waals surface area contributed by atoms with Crippen LogP contribution < -0.4 is 19.5 Å². The van der Waals surface area contributed by atoms with Crippen LogP contribution in [-0.4, -0.2) is 44.0 Å². The zero-order chi connectivity index (χ0) is 20.0. The van der Waals surface area contributed by atoms with Gasteiger partial charge in [-0.3, -0.25) is 9.59 Å². The molecule has 144 valence electrons. The van der Waals surface area contributed by atoms with E-state index in [0.717, 1.165) is 0 Å². The van der Waals surface area contributed by atoms with Gasteiger partial charge in [0.05, 0.1) is 21.3 Å². The van der Waals surface area contributed by atoms with Crippen molar-refractivity contribution in [1.29, 1.82) is 0 Å². The van der Waals surface area contributed by atoms with E-state index >= 15 is 0 Å². The molecule has 1 amide bonds. The quantitative estimate of drug-likeness (QED) is 0.504. The fraction of sp³-hybridized carbons (Fsp3) is 0.316. The van der Waals surface area contributed by atoms with Crippen molar-refractivity contribution >= 4 is 27.6 Å². The molecular formula is C19H21BrN2O5. The van der Waals surface area contributed by atoms with Crippen LogP contribution in [-0.2, 0) is 0 Å². The Labute approximate surface area is 166 Å². The van der Waals surface area contributed by atoms with E-state index in [2.05, 4.69) is 26.2 Å². The van der Waals surface area contributed by atoms with Crippen molar-refractivity contribution in [2.24, 2.45) is 0 Å². The topological polar surface area (TPSA) is 86.8 Å². The first-order chi connectivity index (χ1) is 12.9. The number of pyridine rings is 1. The maximum absolute atomic E-state index is 12.4. The fourth-order valence-electron chi connectivity index (χ4n) is 2.45. The van der Waals surface area contributed by atoms with Crippen molar-refractivity contribution in [2.45, 2.75) is 19.4 Å². The Morgan fingerprint density at radius 2 is 1.67 bits per heavy atom. The molecule has 0 aliphatic heterocycles. The van der Waals surface area contributed by atoms with Crippen LogP contribution in [0.5, 0.6) is 17.2 Å². The lowest BCUT2D eigenvalue weighted by Gasteiger charge is -2.14. The van der Waals surface area contributed by atoms with Gasteiger partial charge < -0.3 is 19.5 Å². The lowest BCUT2D eigenvalue weighted by atomic mass is 10.1. The summed E-state index contributed by atoms with van der Waals surface area (Å²) in [5, 5.41) is 2.80. The number of benzene rings is 1. The predicted molar refractivity (Wildman–Crippen MR) is 104 cm³/mol. The Kier molecular flexibility index (Phi) is 7.18. The van der Waals surface area contributed by atoms with E-state index in [4.69, 9.17) is 14.2 Å². The van der Waals surface area contributed by atoms with Crippen LogP contribution in [0.4, 0.5) is 0 Å². The first-order valence-corrected chi connectivity index (χ1v) is 8.95. The third kappa shape index (κ3) is 5.19. The van der Waals surface area contributed by atoms with Gasteiger partial charge in [-0.25, -0.2) is 4.98 Å². The molecule has 1 atom stereocenters. The molecule has 2 aromatic rings. The molecule has 0 fully saturated rings. The summed E-state index contributed by atoms with van der Waals surface area (Å²) < 4.78 is 15.9. The minimum Gasteiger partial charge on any atom is -0.494 e. The summed E-state index contributed by atoms with van der Waals surface area (Å²) >= 11 is 3.26. The number of halogens is 1. The third-order valence-electron chi connectivity index (χ3n) is 3.83. The molecule has 1 N–H and O–H groups in total. The number of ketones is 1. The molecule has 1 unspecified atom stereocenters. The second-order valence-corrected chi connectivity index (χ2v) is 6.51. The second kappa shape index (κ2) is 9.36. The van der Waals surface area contributed by atoms with Crippen molar-refractivity contribution in [3.05, 3.63) is 46.2 Å². The van der Waals surface area contributed by atoms with Crippen molar-refractivity contribution in [1.82, 2.24) is 10.3 Å². The highest BCUT2D eigenvalue weighted by atomic mass is 79.9. The average Bonchev–Trinajstić information content (AvgIpc) is 2.66. The van der Waals surface area contributed by atoms with Gasteiger partial charge in [0.1, 0.15) is 10.3 Å². The molecule has 0 radical (unpaired) electrons. The van der Waals surface area contributed by atoms with E-state index in [1.54, 1.807) is 37.3 Å². The van der Waals surface area contributed by atoms with Gasteiger partial charge in [-0.1, -0.05) is 0 Å². The number of carbonyl (C=O) groups is 2. The van der Waals surface area contributed by atoms with E-state index in [1.807, 2.05) is 0 Å². The maximum atomic E-state index is 12.4. The van der Waals surface area contributed by atoms with Gasteiger partial charge in [-0.05, 0) is 53.2 Å². The monoisotopic (exact) mass is 436 g/mol. The SMILES string of the molecule is COc1ccc(C(=O)NC(C)CC(=O)c2ccc(OC)c(Br)n2)cc1OC. The van der Waals surface area contributed by atoms with Crippen LogP contribution in [0.15, 0.2) is 34.9 Å². The van der Waals surface area contributed by atoms with Gasteiger partial charge >= 0.3 is 0 Å². The van der Waals surface area contributed by atoms with Gasteiger partial charge in [0, 0.05) is 18.0 Å². The van der Waals surface area contributed by atoms with Gasteiger partial charge in [0.15, 0.2) is 23.0 Å². The van der Waals surface area contributed by atoms with Crippen LogP contribution >= 0.6 is 15.9 Å². The Hall–Kier alpha value is -2.61. The van der Waals surface area contributed by atoms with E-state index in [9.17, 15) is 9.59 Å². The summed E-state index contributed by atoms with van der Waals surface area (Å²) in [6.07, 6.45) is 0.116. The molecule has 27 heavy (non-hydrogen) atoms. The zero-order valence-corrected chi connectivity index (χ0v) is 17.1. The van der Waals surface area contributed by atoms with Gasteiger partial charge in [-0.2, -0.15) is 0 Å². The number of hydrogen-bond donors (Lipinski definition) is 1. The molecule has 0 aliphatic rings. The number of methoxy groups -OCH3 is 3. The molecule has 1 aromatic heterocycles. The van der Waals surface area contributed by atoms with E-state index in [1.165, 1.54) is 21.3 Å². The number of nitrogens with zero attached hydrogens (tertiary/aromatic N) is 1. The molecule has 1 aromatic carbocycles. The molecule has 1 heterocycles. The van der Waals surface area contributed by atoms with Crippen molar-refractivity contribution < 1.29 is 23.8 Å². The van der Waals surface area contributed by atoms with Crippen LogP contribution in [0.1, 0.15) is 34.2 Å². The highest BCUT2D eigenvalue weighted by molar-refractivity contribution is 9.10. The van der Waals surface area contributed by atoms with Gasteiger partial charge in [-0.15, -0.1) is 0 Å². The molecule has 0 aliphatic carbocycles. The van der Waals surface area contributed by atoms with Crippen LogP contribution in [0.3, 0.4) is 0 Å². The second-order valence-electron chi connectivity index (χ2n) is 5.76. The van der Waals surface area contributed by atoms with Crippen LogP contribution in [0.2, 0.25) is 0 Å².